The topological polar surface area (TPSA) is 20.3 Å². The molecule has 0 aromatic rings. The first kappa shape index (κ1) is 9.63. The maximum atomic E-state index is 10.1. The minimum absolute atomic E-state index is 0.852. The molecule has 0 aromatic carbocycles. The molecule has 0 N–H and O–H groups in total. The smallest absolute Gasteiger partial charge is 0.139 e. The lowest BCUT2D eigenvalue weighted by atomic mass is 10.3. The highest BCUT2D eigenvalue weighted by Gasteiger charge is 1.99. The van der Waals surface area contributed by atoms with Gasteiger partial charge < -0.3 is 4.79 Å². The fraction of sp³-hybridized carbons (Fsp3) is 0.750. The number of carbonyl (C=O) groups is 1. The van der Waals surface area contributed by atoms with Gasteiger partial charge in [0.2, 0.25) is 0 Å². The van der Waals surface area contributed by atoms with Gasteiger partial charge in [0.15, 0.2) is 0 Å². The van der Waals surface area contributed by atoms with Gasteiger partial charge in [-0.2, -0.15) is 0 Å². The Hall–Kier alpha value is -0.370. The zero-order valence-electron chi connectivity index (χ0n) is 6.84. The summed E-state index contributed by atoms with van der Waals surface area (Å²) in [5.74, 6) is 0. The van der Waals surface area contributed by atoms with Crippen molar-refractivity contribution in [1.82, 2.24) is 4.90 Å². The predicted octanol–water partition coefficient (Wildman–Crippen LogP) is 1.47. The summed E-state index contributed by atoms with van der Waals surface area (Å²) in [6, 6.07) is 0. The molecule has 2 heteroatoms. The summed E-state index contributed by atoms with van der Waals surface area (Å²) >= 11 is 0. The van der Waals surface area contributed by atoms with Crippen LogP contribution >= 0.6 is 0 Å². The van der Waals surface area contributed by atoms with E-state index in [0.29, 0.717) is 0 Å². The van der Waals surface area contributed by atoms with Crippen LogP contribution in [0.4, 0.5) is 0 Å². The number of carbonyl (C=O) groups excluding carboxylic acids is 1. The molecule has 59 valence electrons. The van der Waals surface area contributed by atoms with E-state index in [-0.39, 0.29) is 0 Å². The summed E-state index contributed by atoms with van der Waals surface area (Å²) in [4.78, 5) is 12.1. The molecule has 0 aliphatic heterocycles. The van der Waals surface area contributed by atoms with Gasteiger partial charge in [-0.15, -0.1) is 0 Å². The van der Waals surface area contributed by atoms with Crippen molar-refractivity contribution in [1.29, 1.82) is 0 Å². The van der Waals surface area contributed by atoms with Crippen LogP contribution in [-0.2, 0) is 4.79 Å². The largest absolute Gasteiger partial charge is 0.302 e. The Balaban J connectivity index is 3.38. The number of hydrogen-bond donors (Lipinski definition) is 0. The first-order valence-corrected chi connectivity index (χ1v) is 3.87. The summed E-state index contributed by atoms with van der Waals surface area (Å²) in [6.07, 6.45) is 3.06. The van der Waals surface area contributed by atoms with Crippen LogP contribution in [0.15, 0.2) is 0 Å². The normalized spacial score (nSPS) is 10.3. The Morgan fingerprint density at radius 1 is 1.20 bits per heavy atom. The minimum atomic E-state index is 0.852. The summed E-state index contributed by atoms with van der Waals surface area (Å²) < 4.78 is 0. The second kappa shape index (κ2) is 6.75. The molecule has 0 amide bonds. The summed E-state index contributed by atoms with van der Waals surface area (Å²) in [5.41, 5.74) is 0. The summed E-state index contributed by atoms with van der Waals surface area (Å²) in [6.45, 7) is 7.83. The second-order valence-electron chi connectivity index (χ2n) is 2.32. The van der Waals surface area contributed by atoms with E-state index in [9.17, 15) is 4.79 Å². The van der Waals surface area contributed by atoms with Crippen molar-refractivity contribution in [3.8, 4) is 0 Å². The van der Waals surface area contributed by atoms with Crippen LogP contribution in [0.25, 0.3) is 0 Å². The van der Waals surface area contributed by atoms with Gasteiger partial charge in [0, 0.05) is 0 Å². The Bertz CT molecular complexity index is 77.3. The number of hydrogen-bond acceptors (Lipinski definition) is 2. The highest BCUT2D eigenvalue weighted by atomic mass is 16.1. The number of aldehydes is 1. The highest BCUT2D eigenvalue weighted by Crippen LogP contribution is 1.94. The third-order valence-electron chi connectivity index (χ3n) is 1.29. The third kappa shape index (κ3) is 4.50. The molecule has 0 aliphatic rings. The first-order valence-electron chi connectivity index (χ1n) is 3.87. The van der Waals surface area contributed by atoms with Crippen molar-refractivity contribution >= 4 is 6.29 Å². The van der Waals surface area contributed by atoms with E-state index in [0.717, 1.165) is 32.2 Å². The van der Waals surface area contributed by atoms with Gasteiger partial charge in [-0.3, -0.25) is 4.90 Å². The molecule has 0 atom stereocenters. The van der Waals surface area contributed by atoms with Gasteiger partial charge in [0.1, 0.15) is 6.29 Å². The van der Waals surface area contributed by atoms with Crippen molar-refractivity contribution in [3.05, 3.63) is 6.54 Å². The molecule has 0 unspecified atom stereocenters. The zero-order valence-corrected chi connectivity index (χ0v) is 6.84. The molecule has 0 rings (SSSR count). The Kier molecular flexibility index (Phi) is 6.50. The Morgan fingerprint density at radius 3 is 2.00 bits per heavy atom. The van der Waals surface area contributed by atoms with Gasteiger partial charge in [0.25, 0.3) is 0 Å². The summed E-state index contributed by atoms with van der Waals surface area (Å²) in [7, 11) is 0. The second-order valence-corrected chi connectivity index (χ2v) is 2.32. The molecule has 1 radical (unpaired) electrons. The third-order valence-corrected chi connectivity index (χ3v) is 1.29. The summed E-state index contributed by atoms with van der Waals surface area (Å²) in [5, 5.41) is 0. The fourth-order valence-electron chi connectivity index (χ4n) is 0.921. The van der Waals surface area contributed by atoms with Crippen molar-refractivity contribution in [3.63, 3.8) is 0 Å². The Morgan fingerprint density at radius 2 is 1.70 bits per heavy atom. The van der Waals surface area contributed by atoms with Gasteiger partial charge in [0.05, 0.1) is 6.54 Å². The maximum Gasteiger partial charge on any atom is 0.139 e. The average Bonchev–Trinajstić information content (AvgIpc) is 1.90. The van der Waals surface area contributed by atoms with E-state index >= 15 is 0 Å². The lowest BCUT2D eigenvalue weighted by Gasteiger charge is -2.16. The number of nitrogens with zero attached hydrogens (tertiary/aromatic N) is 1. The molecule has 0 heterocycles. The van der Waals surface area contributed by atoms with Crippen LogP contribution in [0.5, 0.6) is 0 Å². The number of rotatable bonds is 6. The molecule has 2 nitrogen and oxygen atoms in total. The highest BCUT2D eigenvalue weighted by molar-refractivity contribution is 5.59. The van der Waals surface area contributed by atoms with Gasteiger partial charge in [-0.25, -0.2) is 0 Å². The molecule has 0 fully saturated rings. The van der Waals surface area contributed by atoms with E-state index < -0.39 is 0 Å². The molecule has 0 aromatic heterocycles. The van der Waals surface area contributed by atoms with Crippen LogP contribution in [-0.4, -0.2) is 24.3 Å². The predicted molar refractivity (Wildman–Crippen MR) is 42.5 cm³/mol. The molecule has 0 saturated heterocycles. The fourth-order valence-corrected chi connectivity index (χ4v) is 0.921. The van der Waals surface area contributed by atoms with Crippen LogP contribution in [0, 0.1) is 6.54 Å². The monoisotopic (exact) mass is 142 g/mol. The minimum Gasteiger partial charge on any atom is -0.302 e. The van der Waals surface area contributed by atoms with E-state index in [1.165, 1.54) is 0 Å². The lowest BCUT2D eigenvalue weighted by molar-refractivity contribution is -0.106. The maximum absolute atomic E-state index is 10.1. The van der Waals surface area contributed by atoms with Gasteiger partial charge >= 0.3 is 0 Å². The van der Waals surface area contributed by atoms with Crippen LogP contribution in [0.2, 0.25) is 0 Å². The van der Waals surface area contributed by atoms with Crippen molar-refractivity contribution in [2.75, 3.05) is 13.1 Å². The zero-order chi connectivity index (χ0) is 7.82. The molecule has 0 spiro atoms. The van der Waals surface area contributed by atoms with Crippen molar-refractivity contribution < 1.29 is 4.79 Å². The first-order chi connectivity index (χ1) is 4.85. The van der Waals surface area contributed by atoms with Crippen molar-refractivity contribution in [2.24, 2.45) is 0 Å². The van der Waals surface area contributed by atoms with E-state index in [1.54, 1.807) is 6.54 Å². The van der Waals surface area contributed by atoms with Crippen LogP contribution < -0.4 is 0 Å². The average molecular weight is 142 g/mol. The van der Waals surface area contributed by atoms with E-state index in [1.807, 2.05) is 4.90 Å². The quantitative estimate of drug-likeness (QED) is 0.523. The molecule has 10 heavy (non-hydrogen) atoms. The SMILES string of the molecule is CCCN([CH]C=O)CCC. The molecule has 0 saturated carbocycles. The van der Waals surface area contributed by atoms with Gasteiger partial charge in [-0.05, 0) is 25.9 Å². The van der Waals surface area contributed by atoms with Crippen LogP contribution in [0.1, 0.15) is 26.7 Å². The van der Waals surface area contributed by atoms with Gasteiger partial charge in [-0.1, -0.05) is 13.8 Å². The molecular formula is C8H16NO. The Labute approximate surface area is 63.2 Å². The molecule has 0 aliphatic carbocycles. The van der Waals surface area contributed by atoms with Crippen molar-refractivity contribution in [2.45, 2.75) is 26.7 Å². The standard InChI is InChI=1S/C8H16NO/c1-3-5-9(6-4-2)7-8-10/h7-8H,3-6H2,1-2H3. The molecular weight excluding hydrogens is 126 g/mol. The molecule has 0 bridgehead atoms. The van der Waals surface area contributed by atoms with E-state index in [4.69, 9.17) is 0 Å². The lowest BCUT2D eigenvalue weighted by Crippen LogP contribution is -2.22. The van der Waals surface area contributed by atoms with Crippen LogP contribution in [0.3, 0.4) is 0 Å². The van der Waals surface area contributed by atoms with E-state index in [2.05, 4.69) is 13.8 Å².